The minimum atomic E-state index is -0.599. The van der Waals surface area contributed by atoms with E-state index in [1.165, 1.54) is 0 Å². The maximum absolute atomic E-state index is 12.8. The van der Waals surface area contributed by atoms with Crippen molar-refractivity contribution < 1.29 is 47.8 Å². The van der Waals surface area contributed by atoms with Crippen LogP contribution in [0.25, 0.3) is 0 Å². The molecule has 0 aromatic heterocycles. The Bertz CT molecular complexity index is 2170. The quantitative estimate of drug-likeness (QED) is 0.252. The molecule has 0 aliphatic carbocycles. The summed E-state index contributed by atoms with van der Waals surface area (Å²) in [5, 5.41) is 4.61. The number of imide groups is 2. The van der Waals surface area contributed by atoms with E-state index in [4.69, 9.17) is 9.47 Å². The summed E-state index contributed by atoms with van der Waals surface area (Å²) in [5.41, 5.74) is 3.34. The number of fused-ring (bicyclic) bond motifs is 2. The molecule has 6 aliphatic rings. The Balaban J connectivity index is 0.000000175. The van der Waals surface area contributed by atoms with E-state index in [1.807, 2.05) is 65.8 Å². The van der Waals surface area contributed by atoms with Crippen molar-refractivity contribution in [2.75, 3.05) is 26.2 Å². The standard InChI is InChI=1S/C23H29N3O5.C13H11BrN2O3.C10H18BrNO2/c1-23(2,3)31-22(30)25-10-8-14(9-11-25)15-4-5-17-16(12-15)13-26(21(17)29)18-6-7-19(27)24-20(18)28;14-8-1-2-9-7(5-8)6-16(13(9)19)10-3-4-11(17)15-12(10)18;1-10(2,3)14-9(13)12-6-4-8(11)5-7-12/h4-5,12,14,18H,6-11,13H2,1-3H3,(H,24,27,28);1-2,5,10H,3-4,6H2,(H,15,17,18);8H,4-7H2,1-3H3. The van der Waals surface area contributed by atoms with Crippen molar-refractivity contribution in [3.63, 3.8) is 0 Å². The van der Waals surface area contributed by atoms with Gasteiger partial charge in [-0.2, -0.15) is 0 Å². The fourth-order valence-corrected chi connectivity index (χ4v) is 9.29. The summed E-state index contributed by atoms with van der Waals surface area (Å²) in [5.74, 6) is -1.32. The average Bonchev–Trinajstić information content (AvgIpc) is 3.71. The summed E-state index contributed by atoms with van der Waals surface area (Å²) in [4.78, 5) is 103. The molecule has 2 aromatic rings. The van der Waals surface area contributed by atoms with Crippen LogP contribution in [-0.2, 0) is 41.7 Å². The third kappa shape index (κ3) is 12.3. The Kier molecular flexibility index (Phi) is 15.3. The lowest BCUT2D eigenvalue weighted by atomic mass is 9.88. The molecule has 4 fully saturated rings. The molecule has 2 N–H and O–H groups in total. The second-order valence-electron chi connectivity index (χ2n) is 18.9. The summed E-state index contributed by atoms with van der Waals surface area (Å²) < 4.78 is 11.7. The number of likely N-dealkylation sites (tertiary alicyclic amines) is 2. The van der Waals surface area contributed by atoms with Crippen molar-refractivity contribution in [2.45, 2.75) is 140 Å². The van der Waals surface area contributed by atoms with Gasteiger partial charge in [0.15, 0.2) is 0 Å². The largest absolute Gasteiger partial charge is 0.444 e. The van der Waals surface area contributed by atoms with Gasteiger partial charge in [-0.3, -0.25) is 39.4 Å². The van der Waals surface area contributed by atoms with Crippen LogP contribution in [0.2, 0.25) is 0 Å². The number of piperidine rings is 4. The zero-order chi connectivity index (χ0) is 46.7. The highest BCUT2D eigenvalue weighted by atomic mass is 79.9. The molecule has 4 saturated heterocycles. The van der Waals surface area contributed by atoms with Crippen LogP contribution in [0.4, 0.5) is 9.59 Å². The number of hydrogen-bond acceptors (Lipinski definition) is 10. The van der Waals surface area contributed by atoms with Gasteiger partial charge in [0.05, 0.1) is 0 Å². The first kappa shape index (κ1) is 48.6. The van der Waals surface area contributed by atoms with Crippen LogP contribution in [0.5, 0.6) is 0 Å². The van der Waals surface area contributed by atoms with Gasteiger partial charge in [-0.15, -0.1) is 0 Å². The maximum Gasteiger partial charge on any atom is 0.410 e. The normalized spacial score (nSPS) is 21.8. The number of nitrogens with zero attached hydrogens (tertiary/aromatic N) is 4. The number of nitrogens with one attached hydrogen (secondary N) is 2. The van der Waals surface area contributed by atoms with Crippen molar-refractivity contribution >= 4 is 79.5 Å². The van der Waals surface area contributed by atoms with E-state index in [1.54, 1.807) is 25.7 Å². The molecular weight excluding hydrogens is 956 g/mol. The minimum Gasteiger partial charge on any atom is -0.444 e. The number of ether oxygens (including phenoxy) is 2. The lowest BCUT2D eigenvalue weighted by Gasteiger charge is -2.33. The third-order valence-electron chi connectivity index (χ3n) is 11.7. The van der Waals surface area contributed by atoms with E-state index in [9.17, 15) is 38.4 Å². The van der Waals surface area contributed by atoms with Gasteiger partial charge in [-0.25, -0.2) is 9.59 Å². The van der Waals surface area contributed by atoms with Gasteiger partial charge in [0.25, 0.3) is 11.8 Å². The number of halogens is 2. The highest BCUT2D eigenvalue weighted by Gasteiger charge is 2.41. The monoisotopic (exact) mass is 1010 g/mol. The van der Waals surface area contributed by atoms with Crippen LogP contribution in [0.15, 0.2) is 40.9 Å². The third-order valence-corrected chi connectivity index (χ3v) is 13.1. The maximum atomic E-state index is 12.8. The van der Waals surface area contributed by atoms with E-state index in [2.05, 4.69) is 48.6 Å². The van der Waals surface area contributed by atoms with Crippen LogP contribution in [0, 0.1) is 0 Å². The summed E-state index contributed by atoms with van der Waals surface area (Å²) in [6, 6.07) is 10.2. The van der Waals surface area contributed by atoms with Crippen LogP contribution in [0.3, 0.4) is 0 Å². The molecule has 0 saturated carbocycles. The molecule has 2 unspecified atom stereocenters. The van der Waals surface area contributed by atoms with E-state index >= 15 is 0 Å². The number of hydrogen-bond donors (Lipinski definition) is 2. The molecule has 2 aromatic carbocycles. The Morgan fingerprint density at radius 1 is 0.609 bits per heavy atom. The molecule has 18 heteroatoms. The molecule has 0 radical (unpaired) electrons. The second-order valence-corrected chi connectivity index (χ2v) is 21.1. The van der Waals surface area contributed by atoms with E-state index < -0.39 is 23.6 Å². The lowest BCUT2D eigenvalue weighted by molar-refractivity contribution is -0.138. The Labute approximate surface area is 390 Å². The first-order valence-corrected chi connectivity index (χ1v) is 23.6. The SMILES string of the molecule is CC(C)(C)OC(=O)N1CCC(Br)CC1.CC(C)(C)OC(=O)N1CCC(c2ccc3c(c2)CN(C2CCC(=O)NC2=O)C3=O)CC1.O=C1CCC(N2Cc3cc(Br)ccc3C2=O)C(=O)N1. The number of rotatable bonds is 3. The number of alkyl halides is 1. The van der Waals surface area contributed by atoms with Gasteiger partial charge in [-0.1, -0.05) is 44.0 Å². The molecule has 8 rings (SSSR count). The molecule has 2 atom stereocenters. The van der Waals surface area contributed by atoms with E-state index in [-0.39, 0.29) is 60.2 Å². The highest BCUT2D eigenvalue weighted by Crippen LogP contribution is 2.34. The lowest BCUT2D eigenvalue weighted by Crippen LogP contribution is -2.52. The van der Waals surface area contributed by atoms with Gasteiger partial charge >= 0.3 is 12.2 Å². The fourth-order valence-electron chi connectivity index (χ4n) is 8.47. The van der Waals surface area contributed by atoms with Gasteiger partial charge in [0, 0.05) is 72.5 Å². The van der Waals surface area contributed by atoms with Gasteiger partial charge in [-0.05, 0) is 127 Å². The van der Waals surface area contributed by atoms with E-state index in [0.29, 0.717) is 60.9 Å². The number of carbonyl (C=O) groups is 8. The van der Waals surface area contributed by atoms with Crippen molar-refractivity contribution in [3.8, 4) is 0 Å². The molecule has 0 bridgehead atoms. The topological polar surface area (TPSA) is 192 Å². The predicted octanol–water partition coefficient (Wildman–Crippen LogP) is 6.55. The molecule has 16 nitrogen and oxygen atoms in total. The summed E-state index contributed by atoms with van der Waals surface area (Å²) in [6.45, 7) is 14.9. The Morgan fingerprint density at radius 3 is 1.47 bits per heavy atom. The molecule has 64 heavy (non-hydrogen) atoms. The van der Waals surface area contributed by atoms with E-state index in [0.717, 1.165) is 59.9 Å². The van der Waals surface area contributed by atoms with Crippen molar-refractivity contribution in [2.24, 2.45) is 0 Å². The van der Waals surface area contributed by atoms with Crippen molar-refractivity contribution in [1.29, 1.82) is 0 Å². The smallest absolute Gasteiger partial charge is 0.410 e. The molecule has 0 spiro atoms. The van der Waals surface area contributed by atoms with Crippen LogP contribution < -0.4 is 10.6 Å². The highest BCUT2D eigenvalue weighted by molar-refractivity contribution is 9.10. The average molecular weight is 1010 g/mol. The zero-order valence-corrected chi connectivity index (χ0v) is 40.5. The number of benzene rings is 2. The molecular formula is C46H58Br2N6O10. The fraction of sp³-hybridized carbons (Fsp3) is 0.565. The first-order valence-electron chi connectivity index (χ1n) is 21.9. The molecule has 6 heterocycles. The Morgan fingerprint density at radius 2 is 1.03 bits per heavy atom. The second kappa shape index (κ2) is 20.1. The summed E-state index contributed by atoms with van der Waals surface area (Å²) in [6.07, 6.45) is 4.52. The number of carbonyl (C=O) groups excluding carboxylic acids is 8. The molecule has 346 valence electrons. The van der Waals surface area contributed by atoms with Crippen molar-refractivity contribution in [1.82, 2.24) is 30.2 Å². The number of amides is 8. The molecule has 8 amide bonds. The van der Waals surface area contributed by atoms with Crippen LogP contribution in [-0.4, -0.2) is 122 Å². The van der Waals surface area contributed by atoms with Gasteiger partial charge in [0.1, 0.15) is 23.3 Å². The van der Waals surface area contributed by atoms with Crippen LogP contribution in [0.1, 0.15) is 136 Å². The van der Waals surface area contributed by atoms with Gasteiger partial charge < -0.3 is 29.1 Å². The minimum absolute atomic E-state index is 0.142. The van der Waals surface area contributed by atoms with Crippen LogP contribution >= 0.6 is 31.9 Å². The first-order chi connectivity index (χ1) is 30.1. The molecule has 6 aliphatic heterocycles. The summed E-state index contributed by atoms with van der Waals surface area (Å²) in [7, 11) is 0. The predicted molar refractivity (Wildman–Crippen MR) is 242 cm³/mol. The zero-order valence-electron chi connectivity index (χ0n) is 37.3. The van der Waals surface area contributed by atoms with Crippen molar-refractivity contribution in [3.05, 3.63) is 68.7 Å². The summed E-state index contributed by atoms with van der Waals surface area (Å²) >= 11 is 6.91. The Hall–Kier alpha value is -4.84. The van der Waals surface area contributed by atoms with Gasteiger partial charge in [0.2, 0.25) is 23.6 Å².